The molecule has 134 valence electrons. The van der Waals surface area contributed by atoms with E-state index in [-0.39, 0.29) is 5.79 Å². The van der Waals surface area contributed by atoms with Crippen LogP contribution in [0.4, 0.5) is 0 Å². The van der Waals surface area contributed by atoms with Crippen LogP contribution in [0.3, 0.4) is 0 Å². The van der Waals surface area contributed by atoms with Gasteiger partial charge in [0, 0.05) is 27.1 Å². The average molecular weight is 315 g/mol. The molecular formula is C20H42O2. The summed E-state index contributed by atoms with van der Waals surface area (Å²) in [7, 11) is 3.55. The molecule has 0 N–H and O–H groups in total. The lowest BCUT2D eigenvalue weighted by molar-refractivity contribution is -0.215. The lowest BCUT2D eigenvalue weighted by atomic mass is 10.0. The molecule has 0 aliphatic carbocycles. The number of hydrogen-bond donors (Lipinski definition) is 0. The van der Waals surface area contributed by atoms with Crippen molar-refractivity contribution in [2.45, 2.75) is 116 Å². The van der Waals surface area contributed by atoms with Crippen molar-refractivity contribution in [2.24, 2.45) is 0 Å². The van der Waals surface area contributed by atoms with Crippen LogP contribution in [0.5, 0.6) is 0 Å². The Kier molecular flexibility index (Phi) is 15.7. The van der Waals surface area contributed by atoms with Gasteiger partial charge in [-0.05, 0) is 6.42 Å². The van der Waals surface area contributed by atoms with Gasteiger partial charge in [-0.15, -0.1) is 0 Å². The number of hydrogen-bond acceptors (Lipinski definition) is 2. The number of ether oxygens (including phenoxy) is 2. The van der Waals surface area contributed by atoms with Gasteiger partial charge in [-0.3, -0.25) is 0 Å². The Bertz CT molecular complexity index is 212. The molecule has 0 saturated heterocycles. The van der Waals surface area contributed by atoms with Crippen LogP contribution >= 0.6 is 0 Å². The van der Waals surface area contributed by atoms with Crippen LogP contribution in [0.25, 0.3) is 0 Å². The third-order valence-corrected chi connectivity index (χ3v) is 4.79. The van der Waals surface area contributed by atoms with Crippen LogP contribution in [-0.2, 0) is 9.47 Å². The summed E-state index contributed by atoms with van der Waals surface area (Å²) in [5.41, 5.74) is 0. The zero-order valence-corrected chi connectivity index (χ0v) is 15.9. The van der Waals surface area contributed by atoms with Gasteiger partial charge in [0.1, 0.15) is 0 Å². The fraction of sp³-hybridized carbons (Fsp3) is 1.00. The van der Waals surface area contributed by atoms with E-state index in [1.807, 2.05) is 0 Å². The van der Waals surface area contributed by atoms with Gasteiger partial charge in [0.05, 0.1) is 0 Å². The van der Waals surface area contributed by atoms with Crippen molar-refractivity contribution in [3.8, 4) is 0 Å². The summed E-state index contributed by atoms with van der Waals surface area (Å²) in [6.07, 6.45) is 19.8. The smallest absolute Gasteiger partial charge is 0.167 e. The van der Waals surface area contributed by atoms with E-state index in [0.29, 0.717) is 0 Å². The Morgan fingerprint density at radius 2 is 0.909 bits per heavy atom. The van der Waals surface area contributed by atoms with E-state index >= 15 is 0 Å². The highest BCUT2D eigenvalue weighted by Crippen LogP contribution is 2.25. The molecule has 0 unspecified atom stereocenters. The van der Waals surface area contributed by atoms with Gasteiger partial charge in [0.25, 0.3) is 0 Å². The minimum absolute atomic E-state index is 0.326. The topological polar surface area (TPSA) is 18.5 Å². The monoisotopic (exact) mass is 314 g/mol. The van der Waals surface area contributed by atoms with E-state index in [1.54, 1.807) is 14.2 Å². The molecular weight excluding hydrogens is 272 g/mol. The molecule has 0 atom stereocenters. The summed E-state index contributed by atoms with van der Waals surface area (Å²) in [6.45, 7) is 4.47. The first-order valence-electron chi connectivity index (χ1n) is 9.85. The van der Waals surface area contributed by atoms with E-state index in [1.165, 1.54) is 77.0 Å². The molecule has 0 heterocycles. The van der Waals surface area contributed by atoms with Crippen LogP contribution in [0.15, 0.2) is 0 Å². The van der Waals surface area contributed by atoms with Crippen LogP contribution in [-0.4, -0.2) is 20.0 Å². The first-order valence-corrected chi connectivity index (χ1v) is 9.85. The second kappa shape index (κ2) is 15.8. The Morgan fingerprint density at radius 1 is 0.500 bits per heavy atom. The maximum Gasteiger partial charge on any atom is 0.167 e. The molecule has 0 aromatic rings. The van der Waals surface area contributed by atoms with Gasteiger partial charge < -0.3 is 9.47 Å². The van der Waals surface area contributed by atoms with E-state index in [4.69, 9.17) is 9.47 Å². The first-order chi connectivity index (χ1) is 10.7. The van der Waals surface area contributed by atoms with Gasteiger partial charge in [0.2, 0.25) is 0 Å². The zero-order valence-electron chi connectivity index (χ0n) is 15.9. The second-order valence-corrected chi connectivity index (χ2v) is 6.71. The molecule has 0 radical (unpaired) electrons. The van der Waals surface area contributed by atoms with E-state index < -0.39 is 0 Å². The van der Waals surface area contributed by atoms with Crippen molar-refractivity contribution in [3.05, 3.63) is 0 Å². The summed E-state index contributed by atoms with van der Waals surface area (Å²) in [5, 5.41) is 0. The van der Waals surface area contributed by atoms with Crippen molar-refractivity contribution in [2.75, 3.05) is 14.2 Å². The van der Waals surface area contributed by atoms with Crippen molar-refractivity contribution in [1.29, 1.82) is 0 Å². The molecule has 0 aromatic heterocycles. The maximum atomic E-state index is 5.61. The summed E-state index contributed by atoms with van der Waals surface area (Å²) in [4.78, 5) is 0. The van der Waals surface area contributed by atoms with Gasteiger partial charge >= 0.3 is 0 Å². The fourth-order valence-electron chi connectivity index (χ4n) is 3.23. The molecule has 0 aliphatic heterocycles. The minimum Gasteiger partial charge on any atom is -0.353 e. The van der Waals surface area contributed by atoms with Gasteiger partial charge in [-0.1, -0.05) is 90.9 Å². The Balaban J connectivity index is 3.38. The highest BCUT2D eigenvalue weighted by atomic mass is 16.7. The molecule has 0 amide bonds. The Labute approximate surface area is 140 Å². The molecule has 0 aromatic carbocycles. The van der Waals surface area contributed by atoms with E-state index in [9.17, 15) is 0 Å². The molecule has 0 spiro atoms. The van der Waals surface area contributed by atoms with Crippen LogP contribution in [0.1, 0.15) is 110 Å². The lowest BCUT2D eigenvalue weighted by Crippen LogP contribution is -2.33. The van der Waals surface area contributed by atoms with Crippen LogP contribution in [0.2, 0.25) is 0 Å². The highest BCUT2D eigenvalue weighted by molar-refractivity contribution is 4.68. The maximum absolute atomic E-state index is 5.61. The van der Waals surface area contributed by atoms with Crippen LogP contribution < -0.4 is 0 Å². The van der Waals surface area contributed by atoms with E-state index in [0.717, 1.165) is 19.3 Å². The van der Waals surface area contributed by atoms with Crippen molar-refractivity contribution in [3.63, 3.8) is 0 Å². The van der Waals surface area contributed by atoms with E-state index in [2.05, 4.69) is 13.8 Å². The molecule has 2 heteroatoms. The lowest BCUT2D eigenvalue weighted by Gasteiger charge is -2.30. The summed E-state index contributed by atoms with van der Waals surface area (Å²) in [5.74, 6) is -0.326. The first kappa shape index (κ1) is 21.9. The second-order valence-electron chi connectivity index (χ2n) is 6.71. The summed E-state index contributed by atoms with van der Waals surface area (Å²) < 4.78 is 11.2. The number of rotatable bonds is 17. The molecule has 0 aliphatic rings. The summed E-state index contributed by atoms with van der Waals surface area (Å²) >= 11 is 0. The van der Waals surface area contributed by atoms with Gasteiger partial charge in [-0.25, -0.2) is 0 Å². The molecule has 0 rings (SSSR count). The standard InChI is InChI=1S/C20H42O2/c1-5-7-8-9-10-11-12-13-14-15-16-17-19-20(21-3,22-4)18-6-2/h5-19H2,1-4H3. The third-order valence-electron chi connectivity index (χ3n) is 4.79. The predicted octanol–water partition coefficient (Wildman–Crippen LogP) is 6.87. The summed E-state index contributed by atoms with van der Waals surface area (Å²) in [6, 6.07) is 0. The normalized spacial score (nSPS) is 12.0. The van der Waals surface area contributed by atoms with Crippen LogP contribution in [0, 0.1) is 0 Å². The van der Waals surface area contributed by atoms with Crippen molar-refractivity contribution >= 4 is 0 Å². The van der Waals surface area contributed by atoms with Crippen molar-refractivity contribution < 1.29 is 9.47 Å². The molecule has 22 heavy (non-hydrogen) atoms. The average Bonchev–Trinajstić information content (AvgIpc) is 2.55. The van der Waals surface area contributed by atoms with Gasteiger partial charge in [-0.2, -0.15) is 0 Å². The fourth-order valence-corrected chi connectivity index (χ4v) is 3.23. The molecule has 2 nitrogen and oxygen atoms in total. The van der Waals surface area contributed by atoms with Gasteiger partial charge in [0.15, 0.2) is 5.79 Å². The predicted molar refractivity (Wildman–Crippen MR) is 97.4 cm³/mol. The molecule has 0 fully saturated rings. The highest BCUT2D eigenvalue weighted by Gasteiger charge is 2.27. The zero-order chi connectivity index (χ0) is 16.5. The van der Waals surface area contributed by atoms with Crippen molar-refractivity contribution in [1.82, 2.24) is 0 Å². The Hall–Kier alpha value is -0.0800. The quantitative estimate of drug-likeness (QED) is 0.215. The Morgan fingerprint density at radius 3 is 1.27 bits per heavy atom. The molecule has 0 bridgehead atoms. The molecule has 0 saturated carbocycles. The number of unbranched alkanes of at least 4 members (excludes halogenated alkanes) is 11. The number of methoxy groups -OCH3 is 2. The SMILES string of the molecule is CCCCCCCCCCCCCCC(CCC)(OC)OC. The largest absolute Gasteiger partial charge is 0.353 e. The third kappa shape index (κ3) is 11.5. The minimum atomic E-state index is -0.326.